The molecule has 1 aliphatic carbocycles. The maximum Gasteiger partial charge on any atom is 0.272 e. The Bertz CT molecular complexity index is 405. The van der Waals surface area contributed by atoms with Gasteiger partial charge in [-0.3, -0.25) is 4.55 Å². The first-order valence-electron chi connectivity index (χ1n) is 4.86. The monoisotopic (exact) mass is 230 g/mol. The highest BCUT2D eigenvalue weighted by molar-refractivity contribution is 7.86. The molecule has 0 aromatic carbocycles. The Kier molecular flexibility index (Phi) is 2.48. The summed E-state index contributed by atoms with van der Waals surface area (Å²) in [5.41, 5.74) is -0.566. The van der Waals surface area contributed by atoms with Gasteiger partial charge in [-0.2, -0.15) is 8.42 Å². The molecule has 0 saturated carbocycles. The average molecular weight is 230 g/mol. The zero-order valence-electron chi connectivity index (χ0n) is 8.46. The van der Waals surface area contributed by atoms with E-state index in [0.29, 0.717) is 13.0 Å². The average Bonchev–Trinajstić information content (AvgIpc) is 2.86. The predicted molar refractivity (Wildman–Crippen MR) is 56.1 cm³/mol. The Morgan fingerprint density at radius 3 is 2.73 bits per heavy atom. The number of epoxide rings is 1. The molecule has 1 saturated heterocycles. The number of hydrogen-bond donors (Lipinski definition) is 1. The third-order valence-electron chi connectivity index (χ3n) is 2.91. The van der Waals surface area contributed by atoms with Gasteiger partial charge in [0.15, 0.2) is 0 Å². The predicted octanol–water partition coefficient (Wildman–Crippen LogP) is 1.16. The molecule has 1 heterocycles. The SMILES string of the molecule is CC1(CC2CO2)C=CC=CC1S(=O)(=O)O. The smallest absolute Gasteiger partial charge is 0.272 e. The molecule has 3 unspecified atom stereocenters. The lowest BCUT2D eigenvalue weighted by Crippen LogP contribution is -2.37. The number of allylic oxidation sites excluding steroid dienone is 3. The lowest BCUT2D eigenvalue weighted by molar-refractivity contribution is 0.303. The van der Waals surface area contributed by atoms with Gasteiger partial charge in [0.2, 0.25) is 0 Å². The molecule has 1 fully saturated rings. The van der Waals surface area contributed by atoms with Crippen molar-refractivity contribution in [1.29, 1.82) is 0 Å². The quantitative estimate of drug-likeness (QED) is 0.583. The molecular weight excluding hydrogens is 216 g/mol. The molecule has 1 N–H and O–H groups in total. The van der Waals surface area contributed by atoms with Gasteiger partial charge in [-0.25, -0.2) is 0 Å². The van der Waals surface area contributed by atoms with Crippen LogP contribution in [0.2, 0.25) is 0 Å². The van der Waals surface area contributed by atoms with Crippen molar-refractivity contribution in [2.24, 2.45) is 5.41 Å². The molecule has 5 heteroatoms. The highest BCUT2D eigenvalue weighted by Gasteiger charge is 2.43. The van der Waals surface area contributed by atoms with Gasteiger partial charge in [-0.15, -0.1) is 0 Å². The van der Waals surface area contributed by atoms with Crippen LogP contribution in [0.5, 0.6) is 0 Å². The van der Waals surface area contributed by atoms with Crippen molar-refractivity contribution < 1.29 is 17.7 Å². The van der Waals surface area contributed by atoms with Gasteiger partial charge in [-0.1, -0.05) is 31.2 Å². The van der Waals surface area contributed by atoms with Crippen LogP contribution in [0.1, 0.15) is 13.3 Å². The fraction of sp³-hybridized carbons (Fsp3) is 0.600. The summed E-state index contributed by atoms with van der Waals surface area (Å²) < 4.78 is 36.7. The zero-order valence-corrected chi connectivity index (χ0v) is 9.28. The topological polar surface area (TPSA) is 66.9 Å². The fourth-order valence-corrected chi connectivity index (χ4v) is 3.20. The van der Waals surface area contributed by atoms with Crippen LogP contribution in [-0.4, -0.2) is 30.9 Å². The van der Waals surface area contributed by atoms with Crippen LogP contribution >= 0.6 is 0 Å². The second-order valence-corrected chi connectivity index (χ2v) is 5.88. The van der Waals surface area contributed by atoms with Crippen LogP contribution in [0.3, 0.4) is 0 Å². The first-order chi connectivity index (χ1) is 6.92. The molecule has 1 aliphatic heterocycles. The summed E-state index contributed by atoms with van der Waals surface area (Å²) in [6.45, 7) is 2.51. The Balaban J connectivity index is 2.26. The van der Waals surface area contributed by atoms with Crippen LogP contribution in [0.15, 0.2) is 24.3 Å². The minimum atomic E-state index is -4.04. The minimum Gasteiger partial charge on any atom is -0.373 e. The summed E-state index contributed by atoms with van der Waals surface area (Å²) in [6, 6.07) is 0. The van der Waals surface area contributed by atoms with Gasteiger partial charge < -0.3 is 4.74 Å². The largest absolute Gasteiger partial charge is 0.373 e. The molecule has 2 aliphatic rings. The van der Waals surface area contributed by atoms with Gasteiger partial charge in [0.05, 0.1) is 12.7 Å². The molecule has 15 heavy (non-hydrogen) atoms. The van der Waals surface area contributed by atoms with E-state index in [4.69, 9.17) is 9.29 Å². The van der Waals surface area contributed by atoms with E-state index in [9.17, 15) is 8.42 Å². The molecule has 0 amide bonds. The van der Waals surface area contributed by atoms with E-state index >= 15 is 0 Å². The molecule has 0 aromatic heterocycles. The van der Waals surface area contributed by atoms with Crippen molar-refractivity contribution in [1.82, 2.24) is 0 Å². The highest BCUT2D eigenvalue weighted by atomic mass is 32.2. The van der Waals surface area contributed by atoms with Gasteiger partial charge in [0, 0.05) is 5.41 Å². The van der Waals surface area contributed by atoms with Gasteiger partial charge in [-0.05, 0) is 6.42 Å². The van der Waals surface area contributed by atoms with Crippen molar-refractivity contribution >= 4 is 10.1 Å². The van der Waals surface area contributed by atoms with Gasteiger partial charge in [0.25, 0.3) is 10.1 Å². The van der Waals surface area contributed by atoms with E-state index in [2.05, 4.69) is 0 Å². The maximum absolute atomic E-state index is 11.2. The lowest BCUT2D eigenvalue weighted by atomic mass is 9.79. The Hall–Kier alpha value is -0.650. The van der Waals surface area contributed by atoms with Crippen LogP contribution in [0, 0.1) is 5.41 Å². The first-order valence-corrected chi connectivity index (χ1v) is 6.36. The first kappa shape index (κ1) is 10.9. The third-order valence-corrected chi connectivity index (χ3v) is 4.25. The van der Waals surface area contributed by atoms with Crippen LogP contribution in [0.4, 0.5) is 0 Å². The third kappa shape index (κ3) is 2.30. The standard InChI is InChI=1S/C10H14O4S/c1-10(6-8-7-14-8)5-3-2-4-9(10)15(11,12)13/h2-5,8-9H,6-7H2,1H3,(H,11,12,13). The van der Waals surface area contributed by atoms with E-state index in [1.807, 2.05) is 19.1 Å². The van der Waals surface area contributed by atoms with E-state index < -0.39 is 20.8 Å². The number of hydrogen-bond acceptors (Lipinski definition) is 3. The van der Waals surface area contributed by atoms with E-state index in [-0.39, 0.29) is 6.10 Å². The molecule has 0 bridgehead atoms. The van der Waals surface area contributed by atoms with Crippen molar-refractivity contribution in [3.8, 4) is 0 Å². The number of rotatable bonds is 3. The summed E-state index contributed by atoms with van der Waals surface area (Å²) >= 11 is 0. The molecule has 3 atom stereocenters. The fourth-order valence-electron chi connectivity index (χ4n) is 2.06. The summed E-state index contributed by atoms with van der Waals surface area (Å²) in [7, 11) is -4.04. The van der Waals surface area contributed by atoms with Crippen LogP contribution < -0.4 is 0 Å². The number of ether oxygens (including phenoxy) is 1. The summed E-state index contributed by atoms with van der Waals surface area (Å²) in [4.78, 5) is 0. The van der Waals surface area contributed by atoms with Crippen LogP contribution in [-0.2, 0) is 14.9 Å². The van der Waals surface area contributed by atoms with Crippen molar-refractivity contribution in [3.05, 3.63) is 24.3 Å². The highest BCUT2D eigenvalue weighted by Crippen LogP contribution is 2.39. The van der Waals surface area contributed by atoms with Crippen molar-refractivity contribution in [3.63, 3.8) is 0 Å². The second kappa shape index (κ2) is 3.43. The molecular formula is C10H14O4S. The maximum atomic E-state index is 11.2. The molecule has 4 nitrogen and oxygen atoms in total. The molecule has 0 radical (unpaired) electrons. The minimum absolute atomic E-state index is 0.135. The zero-order chi connectivity index (χ0) is 11.1. The summed E-state index contributed by atoms with van der Waals surface area (Å²) in [6.07, 6.45) is 7.57. The van der Waals surface area contributed by atoms with E-state index in [1.165, 1.54) is 6.08 Å². The van der Waals surface area contributed by atoms with E-state index in [1.54, 1.807) is 6.08 Å². The molecule has 84 valence electrons. The second-order valence-electron chi connectivity index (χ2n) is 4.34. The Labute approximate surface area is 89.4 Å². The van der Waals surface area contributed by atoms with Crippen LogP contribution in [0.25, 0.3) is 0 Å². The van der Waals surface area contributed by atoms with Crippen molar-refractivity contribution in [2.75, 3.05) is 6.61 Å². The molecule has 0 spiro atoms. The lowest BCUT2D eigenvalue weighted by Gasteiger charge is -2.32. The van der Waals surface area contributed by atoms with Gasteiger partial charge >= 0.3 is 0 Å². The summed E-state index contributed by atoms with van der Waals surface area (Å²) in [5, 5.41) is -0.862. The van der Waals surface area contributed by atoms with E-state index in [0.717, 1.165) is 0 Å². The Morgan fingerprint density at radius 2 is 2.20 bits per heavy atom. The molecule has 0 aromatic rings. The summed E-state index contributed by atoms with van der Waals surface area (Å²) in [5.74, 6) is 0. The molecule has 2 rings (SSSR count). The normalized spacial score (nSPS) is 39.3. The van der Waals surface area contributed by atoms with Crippen molar-refractivity contribution in [2.45, 2.75) is 24.7 Å². The Morgan fingerprint density at radius 1 is 1.53 bits per heavy atom. The van der Waals surface area contributed by atoms with Gasteiger partial charge in [0.1, 0.15) is 5.25 Å².